The Morgan fingerprint density at radius 2 is 0.912 bits per heavy atom. The first-order valence-corrected chi connectivity index (χ1v) is 24.3. The molecule has 0 aromatic carbocycles. The monoisotopic (exact) mass is 816 g/mol. The first kappa shape index (κ1) is 54.2. The Labute approximate surface area is 349 Å². The average Bonchev–Trinajstić information content (AvgIpc) is 3.21. The highest BCUT2D eigenvalue weighted by Gasteiger charge is 2.44. The average molecular weight is 816 g/mol. The summed E-state index contributed by atoms with van der Waals surface area (Å²) in [6.45, 7) is 3.61. The lowest BCUT2D eigenvalue weighted by atomic mass is 9.98. The van der Waals surface area contributed by atoms with Crippen molar-refractivity contribution >= 4 is 5.91 Å². The standard InChI is InChI=1S/C47H93NO9/c1-3-5-7-9-11-13-15-16-17-18-19-20-21-22-23-24-25-26-28-30-32-34-36-42(51)48-39(38-56-47-46(55)45(54)44(53)41(37-49)57-47)43(52)40(50)35-33-31-29-27-14-12-10-8-6-4-2/h39-41,43-47,49-50,52-55H,3-38H2,1-2H3,(H,48,51)/t39-,40+,41+,43-,44-,45?,46?,47+/m0/s1. The van der Waals surface area contributed by atoms with Gasteiger partial charge in [-0.2, -0.15) is 0 Å². The minimum absolute atomic E-state index is 0.254. The molecule has 0 spiro atoms. The van der Waals surface area contributed by atoms with E-state index in [-0.39, 0.29) is 18.9 Å². The van der Waals surface area contributed by atoms with E-state index in [1.807, 2.05) is 0 Å². The van der Waals surface area contributed by atoms with Crippen LogP contribution in [0.15, 0.2) is 0 Å². The molecular weight excluding hydrogens is 723 g/mol. The van der Waals surface area contributed by atoms with Crippen LogP contribution in [-0.4, -0.2) is 98.7 Å². The number of carbonyl (C=O) groups excluding carboxylic acids is 1. The maximum atomic E-state index is 13.0. The van der Waals surface area contributed by atoms with Crippen molar-refractivity contribution in [2.75, 3.05) is 13.2 Å². The Kier molecular flexibility index (Phi) is 36.2. The topological polar surface area (TPSA) is 169 Å². The lowest BCUT2D eigenvalue weighted by Gasteiger charge is -2.40. The van der Waals surface area contributed by atoms with E-state index in [2.05, 4.69) is 19.2 Å². The Balaban J connectivity index is 2.28. The molecule has 1 fully saturated rings. The summed E-state index contributed by atoms with van der Waals surface area (Å²) in [6.07, 6.45) is 31.2. The van der Waals surface area contributed by atoms with Crippen LogP contribution in [0, 0.1) is 0 Å². The molecule has 1 aliphatic rings. The maximum Gasteiger partial charge on any atom is 0.220 e. The molecule has 1 saturated heterocycles. The van der Waals surface area contributed by atoms with Crippen molar-refractivity contribution in [1.29, 1.82) is 0 Å². The normalized spacial score (nSPS) is 21.4. The van der Waals surface area contributed by atoms with Crippen molar-refractivity contribution in [2.24, 2.45) is 0 Å². The molecular formula is C47H93NO9. The van der Waals surface area contributed by atoms with Gasteiger partial charge in [-0.1, -0.05) is 213 Å². The zero-order valence-corrected chi connectivity index (χ0v) is 37.0. The molecule has 10 heteroatoms. The van der Waals surface area contributed by atoms with Gasteiger partial charge in [0.1, 0.15) is 30.5 Å². The second-order valence-corrected chi connectivity index (χ2v) is 17.4. The number of aliphatic hydroxyl groups is 6. The minimum atomic E-state index is -1.60. The van der Waals surface area contributed by atoms with Gasteiger partial charge in [0, 0.05) is 6.42 Å². The molecule has 1 rings (SSSR count). The van der Waals surface area contributed by atoms with E-state index in [1.54, 1.807) is 0 Å². The molecule has 8 atom stereocenters. The molecule has 2 unspecified atom stereocenters. The fraction of sp³-hybridized carbons (Fsp3) is 0.979. The van der Waals surface area contributed by atoms with Crippen LogP contribution in [-0.2, 0) is 14.3 Å². The molecule has 0 aromatic heterocycles. The minimum Gasteiger partial charge on any atom is -0.394 e. The van der Waals surface area contributed by atoms with Gasteiger partial charge in [0.05, 0.1) is 25.4 Å². The number of nitrogens with one attached hydrogen (secondary N) is 1. The van der Waals surface area contributed by atoms with Crippen LogP contribution in [0.5, 0.6) is 0 Å². The fourth-order valence-corrected chi connectivity index (χ4v) is 8.08. The third kappa shape index (κ3) is 28.3. The molecule has 1 heterocycles. The van der Waals surface area contributed by atoms with E-state index < -0.39 is 55.6 Å². The first-order valence-electron chi connectivity index (χ1n) is 24.3. The second-order valence-electron chi connectivity index (χ2n) is 17.4. The summed E-state index contributed by atoms with van der Waals surface area (Å²) >= 11 is 0. The first-order chi connectivity index (χ1) is 27.8. The van der Waals surface area contributed by atoms with E-state index in [0.29, 0.717) is 6.42 Å². The number of carbonyl (C=O) groups is 1. The molecule has 0 saturated carbocycles. The number of rotatable bonds is 41. The molecule has 0 aliphatic carbocycles. The lowest BCUT2D eigenvalue weighted by Crippen LogP contribution is -2.60. The molecule has 1 amide bonds. The summed E-state index contributed by atoms with van der Waals surface area (Å²) < 4.78 is 11.2. The lowest BCUT2D eigenvalue weighted by molar-refractivity contribution is -0.303. The third-order valence-corrected chi connectivity index (χ3v) is 12.1. The van der Waals surface area contributed by atoms with Gasteiger partial charge in [0.15, 0.2) is 6.29 Å². The summed E-state index contributed by atoms with van der Waals surface area (Å²) in [5, 5.41) is 65.1. The van der Waals surface area contributed by atoms with Crippen molar-refractivity contribution < 1.29 is 44.9 Å². The molecule has 10 nitrogen and oxygen atoms in total. The smallest absolute Gasteiger partial charge is 0.220 e. The second kappa shape index (κ2) is 38.1. The van der Waals surface area contributed by atoms with Gasteiger partial charge >= 0.3 is 0 Å². The van der Waals surface area contributed by atoms with E-state index >= 15 is 0 Å². The fourth-order valence-electron chi connectivity index (χ4n) is 8.08. The number of amides is 1. The van der Waals surface area contributed by atoms with Gasteiger partial charge in [0.2, 0.25) is 5.91 Å². The van der Waals surface area contributed by atoms with Crippen LogP contribution in [0.25, 0.3) is 0 Å². The van der Waals surface area contributed by atoms with Crippen LogP contribution in [0.2, 0.25) is 0 Å². The van der Waals surface area contributed by atoms with Crippen molar-refractivity contribution in [3.63, 3.8) is 0 Å². The largest absolute Gasteiger partial charge is 0.394 e. The summed E-state index contributed by atoms with van der Waals surface area (Å²) in [6, 6.07) is -0.984. The molecule has 340 valence electrons. The van der Waals surface area contributed by atoms with Crippen LogP contribution >= 0.6 is 0 Å². The Morgan fingerprint density at radius 3 is 1.30 bits per heavy atom. The van der Waals surface area contributed by atoms with Crippen molar-refractivity contribution in [3.05, 3.63) is 0 Å². The predicted molar refractivity (Wildman–Crippen MR) is 232 cm³/mol. The SMILES string of the molecule is CCCCCCCCCCCCCCCCCCCCCCCCC(=O)N[C@@H](CO[C@@H]1O[C@H](CO)[C@H](O)C(O)C1O)[C@H](O)[C@H](O)CCCCCCCCCCCC. The van der Waals surface area contributed by atoms with E-state index in [4.69, 9.17) is 9.47 Å². The molecule has 57 heavy (non-hydrogen) atoms. The molecule has 7 N–H and O–H groups in total. The Hall–Kier alpha value is -0.850. The predicted octanol–water partition coefficient (Wildman–Crippen LogP) is 9.31. The quantitative estimate of drug-likeness (QED) is 0.0298. The van der Waals surface area contributed by atoms with Gasteiger partial charge in [-0.3, -0.25) is 4.79 Å². The van der Waals surface area contributed by atoms with Crippen LogP contribution in [0.4, 0.5) is 0 Å². The van der Waals surface area contributed by atoms with Crippen LogP contribution in [0.1, 0.15) is 232 Å². The van der Waals surface area contributed by atoms with Gasteiger partial charge in [-0.25, -0.2) is 0 Å². The van der Waals surface area contributed by atoms with E-state index in [9.17, 15) is 35.4 Å². The number of aliphatic hydroxyl groups excluding tert-OH is 6. The zero-order valence-electron chi connectivity index (χ0n) is 37.0. The van der Waals surface area contributed by atoms with Crippen molar-refractivity contribution in [2.45, 2.75) is 281 Å². The Morgan fingerprint density at radius 1 is 0.544 bits per heavy atom. The van der Waals surface area contributed by atoms with E-state index in [1.165, 1.54) is 161 Å². The van der Waals surface area contributed by atoms with Crippen molar-refractivity contribution in [1.82, 2.24) is 5.32 Å². The molecule has 0 radical (unpaired) electrons. The van der Waals surface area contributed by atoms with E-state index in [0.717, 1.165) is 44.9 Å². The third-order valence-electron chi connectivity index (χ3n) is 12.1. The number of hydrogen-bond donors (Lipinski definition) is 7. The highest BCUT2D eigenvalue weighted by atomic mass is 16.7. The number of hydrogen-bond acceptors (Lipinski definition) is 9. The maximum absolute atomic E-state index is 13.0. The van der Waals surface area contributed by atoms with Gasteiger partial charge in [-0.15, -0.1) is 0 Å². The van der Waals surface area contributed by atoms with Gasteiger partial charge in [0.25, 0.3) is 0 Å². The highest BCUT2D eigenvalue weighted by Crippen LogP contribution is 2.23. The molecule has 0 aromatic rings. The van der Waals surface area contributed by atoms with Gasteiger partial charge < -0.3 is 45.4 Å². The number of unbranched alkanes of at least 4 members (excludes halogenated alkanes) is 30. The molecule has 1 aliphatic heterocycles. The van der Waals surface area contributed by atoms with Crippen molar-refractivity contribution in [3.8, 4) is 0 Å². The highest BCUT2D eigenvalue weighted by molar-refractivity contribution is 5.76. The summed E-state index contributed by atoms with van der Waals surface area (Å²) in [4.78, 5) is 13.0. The zero-order chi connectivity index (χ0) is 41.8. The summed E-state index contributed by atoms with van der Waals surface area (Å²) in [5.41, 5.74) is 0. The Bertz CT molecular complexity index is 880. The number of ether oxygens (including phenoxy) is 2. The van der Waals surface area contributed by atoms with Crippen LogP contribution in [0.3, 0.4) is 0 Å². The molecule has 0 bridgehead atoms. The van der Waals surface area contributed by atoms with Gasteiger partial charge in [-0.05, 0) is 12.8 Å². The summed E-state index contributed by atoms with van der Waals surface area (Å²) in [5.74, 6) is -0.254. The van der Waals surface area contributed by atoms with Crippen LogP contribution < -0.4 is 5.32 Å². The summed E-state index contributed by atoms with van der Waals surface area (Å²) in [7, 11) is 0.